The van der Waals surface area contributed by atoms with Crippen molar-refractivity contribution in [1.82, 2.24) is 0 Å². The van der Waals surface area contributed by atoms with Crippen molar-refractivity contribution in [2.45, 2.75) is 390 Å². The zero-order chi connectivity index (χ0) is 91.4. The van der Waals surface area contributed by atoms with Crippen LogP contribution in [0.2, 0.25) is 0 Å². The molecule has 0 amide bonds. The fourth-order valence-corrected chi connectivity index (χ4v) is 22.8. The number of hydrogen-bond acceptors (Lipinski definition) is 44. The van der Waals surface area contributed by atoms with Gasteiger partial charge in [0.1, 0.15) is 195 Å². The maximum atomic E-state index is 13.3. The van der Waals surface area contributed by atoms with Crippen molar-refractivity contribution in [3.8, 4) is 0 Å². The predicted molar refractivity (Wildman–Crippen MR) is 407 cm³/mol. The summed E-state index contributed by atoms with van der Waals surface area (Å²) in [6.45, 7) is 12.6. The third kappa shape index (κ3) is 17.7. The van der Waals surface area contributed by atoms with Gasteiger partial charge in [-0.25, -0.2) is 0 Å². The molecule has 8 heterocycles. The highest BCUT2D eigenvalue weighted by atomic mass is 16.8. The van der Waals surface area contributed by atoms with E-state index >= 15 is 0 Å². The number of hydrogen-bond donors (Lipinski definition) is 28. The summed E-state index contributed by atoms with van der Waals surface area (Å²) in [5.74, 6) is -0.234. The summed E-state index contributed by atoms with van der Waals surface area (Å²) in [7, 11) is 0. The van der Waals surface area contributed by atoms with E-state index in [1.54, 1.807) is 0 Å². The second-order valence-corrected chi connectivity index (χ2v) is 38.3. The van der Waals surface area contributed by atoms with Crippen LogP contribution >= 0.6 is 0 Å². The van der Waals surface area contributed by atoms with Crippen molar-refractivity contribution < 1.29 is 219 Å². The smallest absolute Gasteiger partial charge is 0.187 e. The molecule has 0 aromatic carbocycles. The van der Waals surface area contributed by atoms with Gasteiger partial charge in [-0.2, -0.15) is 0 Å². The van der Waals surface area contributed by atoms with Crippen LogP contribution < -0.4 is 0 Å². The van der Waals surface area contributed by atoms with Gasteiger partial charge in [0.2, 0.25) is 0 Å². The van der Waals surface area contributed by atoms with Crippen molar-refractivity contribution in [2.24, 2.45) is 44.3 Å². The Morgan fingerprint density at radius 3 is 1.06 bits per heavy atom. The molecule has 4 aliphatic carbocycles. The Kier molecular flexibility index (Phi) is 31.9. The topological polar surface area (TPSA) is 714 Å². The van der Waals surface area contributed by atoms with Gasteiger partial charge in [-0.3, -0.25) is 0 Å². The molecule has 0 bridgehead atoms. The van der Waals surface area contributed by atoms with Gasteiger partial charge in [0.05, 0.1) is 76.8 Å². The van der Waals surface area contributed by atoms with Gasteiger partial charge in [-0.05, 0) is 98.7 Å². The van der Waals surface area contributed by atoms with Gasteiger partial charge in [-0.1, -0.05) is 67.0 Å². The number of rotatable bonds is 29. The first kappa shape index (κ1) is 101. The highest BCUT2D eigenvalue weighted by Gasteiger charge is 2.78. The maximum absolute atomic E-state index is 13.3. The van der Waals surface area contributed by atoms with E-state index in [0.717, 1.165) is 18.4 Å². The van der Waals surface area contributed by atoms with Gasteiger partial charge < -0.3 is 219 Å². The molecule has 0 spiro atoms. The lowest BCUT2D eigenvalue weighted by Gasteiger charge is -2.75. The zero-order valence-corrected chi connectivity index (χ0v) is 70.9. The van der Waals surface area contributed by atoms with Gasteiger partial charge in [0.25, 0.3) is 0 Å². The quantitative estimate of drug-likeness (QED) is 0.0309. The molecule has 12 rings (SSSR count). The highest BCUT2D eigenvalue weighted by molar-refractivity contribution is 5.39. The second-order valence-electron chi connectivity index (χ2n) is 38.3. The summed E-state index contributed by atoms with van der Waals surface area (Å²) in [6, 6.07) is 0. The Morgan fingerprint density at radius 1 is 0.355 bits per heavy atom. The molecule has 50 atom stereocenters. The Balaban J connectivity index is 0.731. The highest BCUT2D eigenvalue weighted by Crippen LogP contribution is 2.82. The van der Waals surface area contributed by atoms with E-state index in [4.69, 9.17) is 75.8 Å². The Labute approximate surface area is 715 Å². The van der Waals surface area contributed by atoms with Gasteiger partial charge >= 0.3 is 0 Å². The zero-order valence-electron chi connectivity index (χ0n) is 70.9. The summed E-state index contributed by atoms with van der Waals surface area (Å²) in [6.07, 6.45) is -73.2. The molecule has 124 heavy (non-hydrogen) atoms. The number of aliphatic hydroxyl groups is 28. The lowest BCUT2D eigenvalue weighted by atomic mass is 9.29. The van der Waals surface area contributed by atoms with Crippen LogP contribution in [0, 0.1) is 44.3 Å². The Hall–Kier alpha value is -2.02. The fourth-order valence-electron chi connectivity index (χ4n) is 22.8. The molecule has 44 heteroatoms. The number of fused-ring (bicyclic) bond motifs is 5. The average molecular weight is 1800 g/mol. The first-order valence-corrected chi connectivity index (χ1v) is 42.9. The standard InChI is InChI=1S/C80H136O44/c1-28(29-13-17-78(8)77(29,7)19-39(89)80(10)76(6)16-15-40(74(2,3)38(76)14-18-79(78,80)9)117-66-56(104)50(98)60(34(24-85)113-66)119-67-53(101)46(94)42(90)30(20-81)109-67)11-12-41(75(4,5)108)118-72-65(124-69-55(103)48(96)44(92)32(22-83)111-69)59(107)63(37(27-88)116-72)121-70-57(105)52(100)62(36(26-87)114-70)122-73-64(49(97)45(93)33(23-84)112-73)123-71-58(106)51(99)61(35(25-86)115-71)120-68-54(102)47(95)43(91)31(21-82)110-68/h14,28-37,39-73,81-108H,11-13,15-27H2,1-10H3/t28-,29?,30-,31-,32-,33-,34-,35-,36-,37-,39?,40+,41-,42-,43-,44-,45-,46+,47+,48+,49+,50-,51-,52-,53-,54-,55-,56-,57-,58-,59+,60-,61-,62-,63-,64-,65-,66?,67?,68?,69?,70?,71?,72?,73?,76-,77-,78-,79+,80+/m1/s1. The van der Waals surface area contributed by atoms with E-state index in [0.29, 0.717) is 32.1 Å². The van der Waals surface area contributed by atoms with Crippen LogP contribution in [0.1, 0.15) is 121 Å². The minimum absolute atomic E-state index is 0.0564. The summed E-state index contributed by atoms with van der Waals surface area (Å²) in [5.41, 5.74) is -4.60. The predicted octanol–water partition coefficient (Wildman–Crippen LogP) is -11.2. The molecule has 10 unspecified atom stereocenters. The monoisotopic (exact) mass is 1800 g/mol. The third-order valence-electron chi connectivity index (χ3n) is 30.9. The van der Waals surface area contributed by atoms with Crippen LogP contribution in [0.25, 0.3) is 0 Å². The van der Waals surface area contributed by atoms with Crippen LogP contribution in [0.5, 0.6) is 0 Å². The molecular weight excluding hydrogens is 1660 g/mol. The van der Waals surface area contributed by atoms with E-state index in [2.05, 4.69) is 47.6 Å². The Bertz CT molecular complexity index is 3450. The molecular formula is C80H136O44. The SMILES string of the molecule is C[C@H](CC[C@@H](OC1O[C@H](CO)[C@@H](OC2O[C@H](CO)[C@@H](OC3O[C@H](CO)[C@@H](O)[C@H](O)[C@H]3OC3O[C@H](CO)[C@@H](OC4O[C@H](CO)[C@@H](O)[C@H](O)[C@H]4O)[C@H](O)[C@H]3O)[C@H](O)[C@H]2O)[C@H](O)[C@H]1OC1O[C@H](CO)[C@@H](O)[C@H](O)[C@H]1O)C(C)(C)O)C1CC[C@@]2(C)[C@]3(C)CC=C4C(C)(C)[C@@H](OC5O[C@H](CO)[C@@H](OC6O[C@H](CO)[C@@H](O)[C@H](O)[C@H]6O)[C@H](O)[C@H]5O)CC[C@@]4(C)[C@]3(C)C(O)C[C@]12C. The molecule has 8 aliphatic heterocycles. The number of aliphatic hydroxyl groups excluding tert-OH is 27. The minimum Gasteiger partial charge on any atom is -0.394 e. The molecule has 0 radical (unpaired) electrons. The van der Waals surface area contributed by atoms with Gasteiger partial charge in [-0.15, -0.1) is 0 Å². The summed E-state index contributed by atoms with van der Waals surface area (Å²) < 4.78 is 95.8. The van der Waals surface area contributed by atoms with E-state index < -0.39 is 355 Å². The van der Waals surface area contributed by atoms with Crippen LogP contribution in [0.4, 0.5) is 0 Å². The molecule has 44 nitrogen and oxygen atoms in total. The number of ether oxygens (including phenoxy) is 16. The molecule has 12 aliphatic rings. The molecule has 3 saturated carbocycles. The molecule has 11 fully saturated rings. The van der Waals surface area contributed by atoms with Crippen LogP contribution in [0.3, 0.4) is 0 Å². The fraction of sp³-hybridized carbons (Fsp3) is 0.975. The van der Waals surface area contributed by atoms with Crippen LogP contribution in [-0.4, -0.2) is 465 Å². The van der Waals surface area contributed by atoms with Gasteiger partial charge in [0, 0.05) is 10.8 Å². The first-order chi connectivity index (χ1) is 58.1. The Morgan fingerprint density at radius 2 is 0.669 bits per heavy atom. The largest absolute Gasteiger partial charge is 0.394 e. The second kappa shape index (κ2) is 39.1. The minimum atomic E-state index is -2.34. The summed E-state index contributed by atoms with van der Waals surface area (Å²) in [5, 5.41) is 310. The summed E-state index contributed by atoms with van der Waals surface area (Å²) >= 11 is 0. The van der Waals surface area contributed by atoms with Crippen LogP contribution in [0.15, 0.2) is 11.6 Å². The molecule has 8 saturated heterocycles. The average Bonchev–Trinajstić information content (AvgIpc) is 0.723. The van der Waals surface area contributed by atoms with E-state index in [1.165, 1.54) is 13.8 Å². The van der Waals surface area contributed by atoms with Crippen molar-refractivity contribution in [3.05, 3.63) is 11.6 Å². The van der Waals surface area contributed by atoms with Crippen molar-refractivity contribution in [3.63, 3.8) is 0 Å². The normalized spacial score (nSPS) is 53.0. The summed E-state index contributed by atoms with van der Waals surface area (Å²) in [4.78, 5) is 0. The van der Waals surface area contributed by atoms with Crippen LogP contribution in [-0.2, 0) is 75.8 Å². The molecule has 0 aromatic heterocycles. The van der Waals surface area contributed by atoms with Crippen molar-refractivity contribution >= 4 is 0 Å². The van der Waals surface area contributed by atoms with E-state index in [-0.39, 0.29) is 18.3 Å². The van der Waals surface area contributed by atoms with E-state index in [9.17, 15) is 143 Å². The lowest BCUT2D eigenvalue weighted by Crippen LogP contribution is -2.72. The van der Waals surface area contributed by atoms with Gasteiger partial charge in [0.15, 0.2) is 50.3 Å². The third-order valence-corrected chi connectivity index (χ3v) is 30.9. The van der Waals surface area contributed by atoms with E-state index in [1.807, 2.05) is 13.8 Å². The molecule has 0 aromatic rings. The maximum Gasteiger partial charge on any atom is 0.187 e. The first-order valence-electron chi connectivity index (χ1n) is 42.9. The molecule has 28 N–H and O–H groups in total. The molecule has 720 valence electrons. The van der Waals surface area contributed by atoms with Crippen molar-refractivity contribution in [1.29, 1.82) is 0 Å². The number of allylic oxidation sites excluding steroid dienone is 1. The van der Waals surface area contributed by atoms with Crippen molar-refractivity contribution in [2.75, 3.05) is 52.9 Å². The lowest BCUT2D eigenvalue weighted by molar-refractivity contribution is -0.406.